The molecule has 6 heteroatoms. The SMILES string of the molecule is Cc1nc(NCCCn2cccn2)cc(=O)[nH]1. The molecule has 2 heterocycles. The zero-order chi connectivity index (χ0) is 12.1. The van der Waals surface area contributed by atoms with Crippen LogP contribution in [0.4, 0.5) is 5.82 Å². The fourth-order valence-electron chi connectivity index (χ4n) is 1.56. The van der Waals surface area contributed by atoms with Gasteiger partial charge in [-0.05, 0) is 19.4 Å². The molecular weight excluding hydrogens is 218 g/mol. The minimum absolute atomic E-state index is 0.132. The van der Waals surface area contributed by atoms with Gasteiger partial charge in [0.05, 0.1) is 0 Å². The van der Waals surface area contributed by atoms with Gasteiger partial charge in [-0.2, -0.15) is 5.10 Å². The van der Waals surface area contributed by atoms with Crippen LogP contribution < -0.4 is 10.9 Å². The van der Waals surface area contributed by atoms with E-state index in [-0.39, 0.29) is 5.56 Å². The Balaban J connectivity index is 1.80. The molecule has 0 saturated heterocycles. The van der Waals surface area contributed by atoms with Crippen molar-refractivity contribution in [3.63, 3.8) is 0 Å². The molecule has 2 aromatic rings. The van der Waals surface area contributed by atoms with Gasteiger partial charge in [-0.15, -0.1) is 0 Å². The Labute approximate surface area is 98.7 Å². The molecule has 0 atom stereocenters. The van der Waals surface area contributed by atoms with Crippen molar-refractivity contribution >= 4 is 5.82 Å². The average molecular weight is 233 g/mol. The smallest absolute Gasteiger partial charge is 0.252 e. The summed E-state index contributed by atoms with van der Waals surface area (Å²) in [5, 5.41) is 7.22. The normalized spacial score (nSPS) is 10.4. The molecule has 17 heavy (non-hydrogen) atoms. The first-order valence-electron chi connectivity index (χ1n) is 5.53. The lowest BCUT2D eigenvalue weighted by atomic mass is 10.4. The van der Waals surface area contributed by atoms with Crippen LogP contribution in [0, 0.1) is 6.92 Å². The molecular formula is C11H15N5O. The molecule has 2 aromatic heterocycles. The van der Waals surface area contributed by atoms with Crippen LogP contribution in [0.3, 0.4) is 0 Å². The zero-order valence-electron chi connectivity index (χ0n) is 9.68. The van der Waals surface area contributed by atoms with Gasteiger partial charge in [0.25, 0.3) is 5.56 Å². The number of aromatic amines is 1. The van der Waals surface area contributed by atoms with Gasteiger partial charge in [-0.1, -0.05) is 0 Å². The molecule has 0 aliphatic rings. The number of nitrogens with zero attached hydrogens (tertiary/aromatic N) is 3. The molecule has 0 aromatic carbocycles. The molecule has 0 saturated carbocycles. The number of rotatable bonds is 5. The average Bonchev–Trinajstić information content (AvgIpc) is 2.76. The van der Waals surface area contributed by atoms with E-state index in [1.165, 1.54) is 6.07 Å². The second-order valence-corrected chi connectivity index (χ2v) is 3.77. The van der Waals surface area contributed by atoms with Gasteiger partial charge in [0.1, 0.15) is 11.6 Å². The van der Waals surface area contributed by atoms with Gasteiger partial charge in [-0.3, -0.25) is 9.48 Å². The van der Waals surface area contributed by atoms with Crippen molar-refractivity contribution in [1.82, 2.24) is 19.7 Å². The highest BCUT2D eigenvalue weighted by Crippen LogP contribution is 1.98. The first-order chi connectivity index (χ1) is 8.24. The molecule has 2 rings (SSSR count). The Morgan fingerprint density at radius 1 is 1.53 bits per heavy atom. The highest BCUT2D eigenvalue weighted by Gasteiger charge is 1.97. The second kappa shape index (κ2) is 5.29. The minimum Gasteiger partial charge on any atom is -0.370 e. The first kappa shape index (κ1) is 11.4. The number of hydrogen-bond acceptors (Lipinski definition) is 4. The third kappa shape index (κ3) is 3.44. The largest absolute Gasteiger partial charge is 0.370 e. The van der Waals surface area contributed by atoms with Crippen molar-refractivity contribution in [3.05, 3.63) is 40.7 Å². The van der Waals surface area contributed by atoms with E-state index in [0.717, 1.165) is 19.5 Å². The van der Waals surface area contributed by atoms with Crippen LogP contribution in [-0.4, -0.2) is 26.3 Å². The number of aromatic nitrogens is 4. The third-order valence-corrected chi connectivity index (χ3v) is 2.29. The predicted molar refractivity (Wildman–Crippen MR) is 64.9 cm³/mol. The topological polar surface area (TPSA) is 75.6 Å². The van der Waals surface area contributed by atoms with Gasteiger partial charge in [0, 0.05) is 31.5 Å². The number of nitrogens with one attached hydrogen (secondary N) is 2. The van der Waals surface area contributed by atoms with Crippen molar-refractivity contribution in [1.29, 1.82) is 0 Å². The second-order valence-electron chi connectivity index (χ2n) is 3.77. The lowest BCUT2D eigenvalue weighted by molar-refractivity contribution is 0.591. The molecule has 0 unspecified atom stereocenters. The molecule has 6 nitrogen and oxygen atoms in total. The highest BCUT2D eigenvalue weighted by molar-refractivity contribution is 5.32. The maximum atomic E-state index is 11.2. The monoisotopic (exact) mass is 233 g/mol. The van der Waals surface area contributed by atoms with E-state index in [1.807, 2.05) is 16.9 Å². The zero-order valence-corrected chi connectivity index (χ0v) is 9.68. The van der Waals surface area contributed by atoms with E-state index in [4.69, 9.17) is 0 Å². The summed E-state index contributed by atoms with van der Waals surface area (Å²) in [5.41, 5.74) is -0.132. The molecule has 0 spiro atoms. The maximum absolute atomic E-state index is 11.2. The highest BCUT2D eigenvalue weighted by atomic mass is 16.1. The van der Waals surface area contributed by atoms with Gasteiger partial charge in [-0.25, -0.2) is 4.98 Å². The first-order valence-corrected chi connectivity index (χ1v) is 5.53. The Morgan fingerprint density at radius 2 is 2.41 bits per heavy atom. The van der Waals surface area contributed by atoms with E-state index in [0.29, 0.717) is 11.6 Å². The Bertz CT molecular complexity index is 517. The van der Waals surface area contributed by atoms with Gasteiger partial charge in [0.2, 0.25) is 0 Å². The molecule has 0 amide bonds. The van der Waals surface area contributed by atoms with E-state index < -0.39 is 0 Å². The lowest BCUT2D eigenvalue weighted by Gasteiger charge is -2.05. The fraction of sp³-hybridized carbons (Fsp3) is 0.364. The van der Waals surface area contributed by atoms with E-state index in [1.54, 1.807) is 13.1 Å². The summed E-state index contributed by atoms with van der Waals surface area (Å²) in [4.78, 5) is 18.0. The van der Waals surface area contributed by atoms with Gasteiger partial charge in [0.15, 0.2) is 0 Å². The number of H-pyrrole nitrogens is 1. The number of aryl methyl sites for hydroxylation is 2. The van der Waals surface area contributed by atoms with Crippen molar-refractivity contribution in [2.24, 2.45) is 0 Å². The molecule has 0 fully saturated rings. The van der Waals surface area contributed by atoms with Crippen LogP contribution in [0.1, 0.15) is 12.2 Å². The maximum Gasteiger partial charge on any atom is 0.252 e. The summed E-state index contributed by atoms with van der Waals surface area (Å²) < 4.78 is 1.87. The summed E-state index contributed by atoms with van der Waals surface area (Å²) in [6, 6.07) is 3.36. The van der Waals surface area contributed by atoms with Gasteiger partial charge < -0.3 is 10.3 Å². The Morgan fingerprint density at radius 3 is 3.12 bits per heavy atom. The van der Waals surface area contributed by atoms with Crippen LogP contribution in [0.5, 0.6) is 0 Å². The molecule has 0 aliphatic heterocycles. The molecule has 0 aliphatic carbocycles. The molecule has 0 bridgehead atoms. The summed E-state index contributed by atoms with van der Waals surface area (Å²) in [6.45, 7) is 3.37. The van der Waals surface area contributed by atoms with Crippen LogP contribution in [0.2, 0.25) is 0 Å². The molecule has 0 radical (unpaired) electrons. The number of anilines is 1. The van der Waals surface area contributed by atoms with Crippen molar-refractivity contribution in [3.8, 4) is 0 Å². The van der Waals surface area contributed by atoms with Crippen LogP contribution in [0.25, 0.3) is 0 Å². The van der Waals surface area contributed by atoms with Gasteiger partial charge >= 0.3 is 0 Å². The number of hydrogen-bond donors (Lipinski definition) is 2. The van der Waals surface area contributed by atoms with Crippen LogP contribution in [0.15, 0.2) is 29.3 Å². The quantitative estimate of drug-likeness (QED) is 0.748. The van der Waals surface area contributed by atoms with E-state index in [9.17, 15) is 4.79 Å². The van der Waals surface area contributed by atoms with E-state index >= 15 is 0 Å². The molecule has 90 valence electrons. The Kier molecular flexibility index (Phi) is 3.54. The summed E-state index contributed by atoms with van der Waals surface area (Å²) in [6.07, 6.45) is 4.61. The standard InChI is InChI=1S/C11H15N5O/c1-9-14-10(8-11(17)15-9)12-4-2-6-16-7-3-5-13-16/h3,5,7-8H,2,4,6H2,1H3,(H2,12,14,15,17). The van der Waals surface area contributed by atoms with E-state index in [2.05, 4.69) is 20.4 Å². The van der Waals surface area contributed by atoms with Crippen LogP contribution in [-0.2, 0) is 6.54 Å². The molecule has 2 N–H and O–H groups in total. The van der Waals surface area contributed by atoms with Crippen LogP contribution >= 0.6 is 0 Å². The Hall–Kier alpha value is -2.11. The third-order valence-electron chi connectivity index (χ3n) is 2.29. The minimum atomic E-state index is -0.132. The summed E-state index contributed by atoms with van der Waals surface area (Å²) >= 11 is 0. The predicted octanol–water partition coefficient (Wildman–Crippen LogP) is 0.777. The van der Waals surface area contributed by atoms with Crippen molar-refractivity contribution in [2.75, 3.05) is 11.9 Å². The summed E-state index contributed by atoms with van der Waals surface area (Å²) in [7, 11) is 0. The van der Waals surface area contributed by atoms with Crippen molar-refractivity contribution < 1.29 is 0 Å². The lowest BCUT2D eigenvalue weighted by Crippen LogP contribution is -2.13. The fourth-order valence-corrected chi connectivity index (χ4v) is 1.56. The summed E-state index contributed by atoms with van der Waals surface area (Å²) in [5.74, 6) is 1.23. The van der Waals surface area contributed by atoms with Crippen molar-refractivity contribution in [2.45, 2.75) is 19.9 Å².